The van der Waals surface area contributed by atoms with Crippen LogP contribution in [0.15, 0.2) is 11.4 Å². The van der Waals surface area contributed by atoms with Gasteiger partial charge in [0.05, 0.1) is 11.3 Å². The number of carbonyl (C=O) groups is 1. The Morgan fingerprint density at radius 2 is 2.33 bits per heavy atom. The lowest BCUT2D eigenvalue weighted by atomic mass is 9.96. The molecular formula is C12H14N4OS. The minimum Gasteiger partial charge on any atom is -0.294 e. The lowest BCUT2D eigenvalue weighted by Gasteiger charge is -2.13. The SMILES string of the molecule is CCCSc1nc2ncc3c(n2n1)CCCC3=O. The van der Waals surface area contributed by atoms with Crippen LogP contribution in [0.2, 0.25) is 0 Å². The molecule has 2 heterocycles. The number of thioether (sulfide) groups is 1. The summed E-state index contributed by atoms with van der Waals surface area (Å²) >= 11 is 1.63. The van der Waals surface area contributed by atoms with Crippen molar-refractivity contribution >= 4 is 23.3 Å². The van der Waals surface area contributed by atoms with Crippen molar-refractivity contribution in [2.75, 3.05) is 5.75 Å². The van der Waals surface area contributed by atoms with E-state index < -0.39 is 0 Å². The van der Waals surface area contributed by atoms with Gasteiger partial charge >= 0.3 is 0 Å². The average Bonchev–Trinajstić information content (AvgIpc) is 2.80. The highest BCUT2D eigenvalue weighted by atomic mass is 32.2. The fourth-order valence-corrected chi connectivity index (χ4v) is 2.81. The number of aryl methyl sites for hydroxylation is 1. The second kappa shape index (κ2) is 4.68. The summed E-state index contributed by atoms with van der Waals surface area (Å²) in [6.45, 7) is 2.13. The molecule has 94 valence electrons. The van der Waals surface area contributed by atoms with Gasteiger partial charge in [0.25, 0.3) is 5.78 Å². The molecule has 2 aromatic rings. The monoisotopic (exact) mass is 262 g/mol. The second-order valence-electron chi connectivity index (χ2n) is 4.35. The van der Waals surface area contributed by atoms with Gasteiger partial charge in [-0.25, -0.2) is 4.98 Å². The summed E-state index contributed by atoms with van der Waals surface area (Å²) in [6, 6.07) is 0. The Bertz CT molecular complexity index is 607. The van der Waals surface area contributed by atoms with Gasteiger partial charge in [-0.1, -0.05) is 18.7 Å². The van der Waals surface area contributed by atoms with Gasteiger partial charge in [0.15, 0.2) is 5.78 Å². The Balaban J connectivity index is 2.08. The molecule has 5 nitrogen and oxygen atoms in total. The predicted molar refractivity (Wildman–Crippen MR) is 69.1 cm³/mol. The highest BCUT2D eigenvalue weighted by Gasteiger charge is 2.21. The van der Waals surface area contributed by atoms with E-state index in [0.29, 0.717) is 17.8 Å². The molecule has 1 aliphatic carbocycles. The first kappa shape index (κ1) is 11.6. The molecule has 0 unspecified atom stereocenters. The summed E-state index contributed by atoms with van der Waals surface area (Å²) in [5, 5.41) is 5.20. The van der Waals surface area contributed by atoms with Gasteiger partial charge in [-0.05, 0) is 19.3 Å². The lowest BCUT2D eigenvalue weighted by molar-refractivity contribution is 0.0970. The topological polar surface area (TPSA) is 60.1 Å². The number of hydrogen-bond donors (Lipinski definition) is 0. The zero-order valence-electron chi connectivity index (χ0n) is 10.2. The zero-order valence-corrected chi connectivity index (χ0v) is 11.0. The Morgan fingerprint density at radius 1 is 1.44 bits per heavy atom. The third-order valence-corrected chi connectivity index (χ3v) is 4.04. The quantitative estimate of drug-likeness (QED) is 0.793. The fourth-order valence-electron chi connectivity index (χ4n) is 2.14. The van der Waals surface area contributed by atoms with E-state index in [2.05, 4.69) is 22.0 Å². The minimum atomic E-state index is 0.170. The summed E-state index contributed by atoms with van der Waals surface area (Å²) in [4.78, 5) is 20.4. The van der Waals surface area contributed by atoms with Crippen LogP contribution >= 0.6 is 11.8 Å². The van der Waals surface area contributed by atoms with Crippen LogP contribution < -0.4 is 0 Å². The third kappa shape index (κ3) is 1.90. The van der Waals surface area contributed by atoms with Gasteiger partial charge in [0.1, 0.15) is 0 Å². The lowest BCUT2D eigenvalue weighted by Crippen LogP contribution is -2.16. The maximum Gasteiger partial charge on any atom is 0.253 e. The van der Waals surface area contributed by atoms with Crippen LogP contribution in [-0.2, 0) is 6.42 Å². The number of hydrogen-bond acceptors (Lipinski definition) is 5. The van der Waals surface area contributed by atoms with Crippen molar-refractivity contribution in [3.63, 3.8) is 0 Å². The Kier molecular flexibility index (Phi) is 3.03. The molecule has 0 saturated heterocycles. The Hall–Kier alpha value is -1.43. The molecule has 0 fully saturated rings. The molecule has 6 heteroatoms. The van der Waals surface area contributed by atoms with E-state index in [1.807, 2.05) is 0 Å². The highest BCUT2D eigenvalue weighted by Crippen LogP contribution is 2.22. The Morgan fingerprint density at radius 3 is 3.17 bits per heavy atom. The summed E-state index contributed by atoms with van der Waals surface area (Å²) in [5.74, 6) is 1.77. The molecule has 3 rings (SSSR count). The molecule has 0 N–H and O–H groups in total. The molecule has 18 heavy (non-hydrogen) atoms. The van der Waals surface area contributed by atoms with Gasteiger partial charge in [-0.3, -0.25) is 4.79 Å². The van der Waals surface area contributed by atoms with E-state index in [9.17, 15) is 4.79 Å². The van der Waals surface area contributed by atoms with Gasteiger partial charge in [0, 0.05) is 18.4 Å². The molecule has 0 amide bonds. The number of carbonyl (C=O) groups excluding carboxylic acids is 1. The molecular weight excluding hydrogens is 248 g/mol. The third-order valence-electron chi connectivity index (χ3n) is 3.00. The standard InChI is InChI=1S/C12H14N4OS/c1-2-6-18-12-14-11-13-7-8-9(16(11)15-12)4-3-5-10(8)17/h7H,2-6H2,1H3. The first-order valence-electron chi connectivity index (χ1n) is 6.20. The molecule has 0 saturated carbocycles. The molecule has 0 aromatic carbocycles. The number of aromatic nitrogens is 4. The molecule has 0 atom stereocenters. The first-order valence-corrected chi connectivity index (χ1v) is 7.19. The van der Waals surface area contributed by atoms with Crippen molar-refractivity contribution in [3.05, 3.63) is 17.5 Å². The predicted octanol–water partition coefficient (Wildman–Crippen LogP) is 2.15. The maximum atomic E-state index is 11.8. The smallest absolute Gasteiger partial charge is 0.253 e. The molecule has 1 aliphatic rings. The van der Waals surface area contributed by atoms with Crippen LogP contribution in [0.4, 0.5) is 0 Å². The van der Waals surface area contributed by atoms with Gasteiger partial charge in [0.2, 0.25) is 5.16 Å². The van der Waals surface area contributed by atoms with Crippen LogP contribution in [0.5, 0.6) is 0 Å². The van der Waals surface area contributed by atoms with Gasteiger partial charge in [-0.2, -0.15) is 9.50 Å². The number of fused-ring (bicyclic) bond motifs is 3. The highest BCUT2D eigenvalue weighted by molar-refractivity contribution is 7.99. The zero-order chi connectivity index (χ0) is 12.5. The van der Waals surface area contributed by atoms with Crippen molar-refractivity contribution in [1.82, 2.24) is 19.6 Å². The van der Waals surface area contributed by atoms with Gasteiger partial charge < -0.3 is 0 Å². The van der Waals surface area contributed by atoms with Crippen molar-refractivity contribution in [2.24, 2.45) is 0 Å². The van der Waals surface area contributed by atoms with Crippen LogP contribution in [0.25, 0.3) is 5.78 Å². The van der Waals surface area contributed by atoms with E-state index in [1.54, 1.807) is 22.5 Å². The Labute approximate surface area is 109 Å². The largest absolute Gasteiger partial charge is 0.294 e. The molecule has 0 spiro atoms. The summed E-state index contributed by atoms with van der Waals surface area (Å²) in [7, 11) is 0. The maximum absolute atomic E-state index is 11.8. The van der Waals surface area contributed by atoms with E-state index in [4.69, 9.17) is 0 Å². The molecule has 0 aliphatic heterocycles. The van der Waals surface area contributed by atoms with Crippen LogP contribution in [0.1, 0.15) is 42.2 Å². The van der Waals surface area contributed by atoms with Crippen LogP contribution in [0.3, 0.4) is 0 Å². The number of rotatable bonds is 3. The van der Waals surface area contributed by atoms with E-state index in [0.717, 1.165) is 35.9 Å². The van der Waals surface area contributed by atoms with E-state index in [1.165, 1.54) is 0 Å². The van der Waals surface area contributed by atoms with Crippen molar-refractivity contribution in [1.29, 1.82) is 0 Å². The van der Waals surface area contributed by atoms with Crippen molar-refractivity contribution in [3.8, 4) is 0 Å². The summed E-state index contributed by atoms with van der Waals surface area (Å²) in [6.07, 6.45) is 5.12. The van der Waals surface area contributed by atoms with Crippen LogP contribution in [-0.4, -0.2) is 31.1 Å². The van der Waals surface area contributed by atoms with E-state index >= 15 is 0 Å². The summed E-state index contributed by atoms with van der Waals surface area (Å²) in [5.41, 5.74) is 1.68. The van der Waals surface area contributed by atoms with Crippen molar-refractivity contribution in [2.45, 2.75) is 37.8 Å². The summed E-state index contributed by atoms with van der Waals surface area (Å²) < 4.78 is 1.74. The van der Waals surface area contributed by atoms with Crippen LogP contribution in [0, 0.1) is 0 Å². The number of nitrogens with zero attached hydrogens (tertiary/aromatic N) is 4. The average molecular weight is 262 g/mol. The first-order chi connectivity index (χ1) is 8.79. The van der Waals surface area contributed by atoms with Crippen molar-refractivity contribution < 1.29 is 4.79 Å². The second-order valence-corrected chi connectivity index (χ2v) is 5.41. The molecule has 0 bridgehead atoms. The van der Waals surface area contributed by atoms with E-state index in [-0.39, 0.29) is 5.78 Å². The molecule has 2 aromatic heterocycles. The number of Topliss-reactive ketones (excluding diaryl/α,β-unsaturated/α-hetero) is 1. The fraction of sp³-hybridized carbons (Fsp3) is 0.500. The van der Waals surface area contributed by atoms with Gasteiger partial charge in [-0.15, -0.1) is 5.10 Å². The minimum absolute atomic E-state index is 0.170. The normalized spacial score (nSPS) is 15.1. The molecule has 0 radical (unpaired) electrons. The number of ketones is 1.